The smallest absolute Gasteiger partial charge is 0.411 e. The Kier molecular flexibility index (Phi) is 12.9. The quantitative estimate of drug-likeness (QED) is 0.0601. The van der Waals surface area contributed by atoms with Crippen LogP contribution in [0.3, 0.4) is 0 Å². The van der Waals surface area contributed by atoms with Gasteiger partial charge < -0.3 is 35.5 Å². The molecule has 0 spiro atoms. The fraction of sp³-hybridized carbons (Fsp3) is 0.333. The van der Waals surface area contributed by atoms with Crippen LogP contribution in [-0.4, -0.2) is 71.6 Å². The number of aromatic hydroxyl groups is 1. The summed E-state index contributed by atoms with van der Waals surface area (Å²) in [4.78, 5) is 29.5. The predicted octanol–water partition coefficient (Wildman–Crippen LogP) is 7.06. The molecule has 0 radical (unpaired) electrons. The van der Waals surface area contributed by atoms with Crippen molar-refractivity contribution in [3.63, 3.8) is 0 Å². The molecule has 1 saturated heterocycles. The number of aliphatic hydroxyl groups excluding tert-OH is 1. The first-order chi connectivity index (χ1) is 25.4. The van der Waals surface area contributed by atoms with E-state index in [4.69, 9.17) is 4.74 Å². The highest BCUT2D eigenvalue weighted by Gasteiger charge is 2.22. The number of hydrogen-bond donors (Lipinski definition) is 6. The van der Waals surface area contributed by atoms with Crippen molar-refractivity contribution in [2.24, 2.45) is 0 Å². The van der Waals surface area contributed by atoms with Gasteiger partial charge in [0.1, 0.15) is 11.9 Å². The number of nitrogens with one attached hydrogen (secondary N) is 4. The van der Waals surface area contributed by atoms with Crippen LogP contribution < -0.4 is 21.5 Å². The minimum atomic E-state index is -0.775. The first kappa shape index (κ1) is 36.6. The van der Waals surface area contributed by atoms with E-state index in [1.54, 1.807) is 12.1 Å². The van der Waals surface area contributed by atoms with Crippen LogP contribution in [0.15, 0.2) is 108 Å². The van der Waals surface area contributed by atoms with Gasteiger partial charge in [-0.05, 0) is 92.2 Å². The van der Waals surface area contributed by atoms with E-state index < -0.39 is 12.2 Å². The number of rotatable bonds is 16. The number of amides is 1. The van der Waals surface area contributed by atoms with Crippen LogP contribution in [0.1, 0.15) is 49.3 Å². The lowest BCUT2D eigenvalue weighted by Gasteiger charge is -2.31. The number of fused-ring (bicyclic) bond motifs is 1. The summed E-state index contributed by atoms with van der Waals surface area (Å²) >= 11 is 0. The maximum atomic E-state index is 12.7. The second kappa shape index (κ2) is 18.4. The van der Waals surface area contributed by atoms with Crippen LogP contribution >= 0.6 is 0 Å². The molecule has 52 heavy (non-hydrogen) atoms. The molecule has 0 saturated carbocycles. The Morgan fingerprint density at radius 3 is 2.44 bits per heavy atom. The van der Waals surface area contributed by atoms with Gasteiger partial charge in [0.15, 0.2) is 0 Å². The van der Waals surface area contributed by atoms with Crippen LogP contribution in [-0.2, 0) is 11.2 Å². The number of H-pyrrole nitrogens is 1. The molecule has 6 N–H and O–H groups in total. The van der Waals surface area contributed by atoms with Gasteiger partial charge in [0.2, 0.25) is 5.56 Å². The number of unbranched alkanes of at least 4 members (excludes halogenated alkanes) is 2. The zero-order valence-corrected chi connectivity index (χ0v) is 29.5. The fourth-order valence-corrected chi connectivity index (χ4v) is 6.79. The first-order valence-corrected chi connectivity index (χ1v) is 18.3. The zero-order chi connectivity index (χ0) is 36.1. The minimum absolute atomic E-state index is 0.0177. The van der Waals surface area contributed by atoms with Crippen molar-refractivity contribution in [3.05, 3.63) is 125 Å². The third-order valence-corrected chi connectivity index (χ3v) is 9.69. The third-order valence-electron chi connectivity index (χ3n) is 9.69. The number of phenols is 1. The van der Waals surface area contributed by atoms with E-state index in [-0.39, 0.29) is 17.4 Å². The standard InChI is InChI=1S/C42H49N5O5/c48-38-19-17-35(36-18-20-40(50)46-41(36)38)39(49)29-43-25-21-30-13-15-32(16-14-30)44-24-7-2-8-26-47-27-22-33(23-28-47)52-42(51)45-37-12-6-5-11-34(37)31-9-3-1-4-10-31/h1,3-6,9-20,33,39,43-44,48-49H,2,7-8,21-29H2,(H,45,51)(H,46,50). The summed E-state index contributed by atoms with van der Waals surface area (Å²) in [5.74, 6) is -0.0177. The van der Waals surface area contributed by atoms with E-state index in [2.05, 4.69) is 50.1 Å². The number of pyridine rings is 1. The Balaban J connectivity index is 0.810. The number of carbonyl (C=O) groups is 1. The van der Waals surface area contributed by atoms with Gasteiger partial charge in [-0.15, -0.1) is 0 Å². The van der Waals surface area contributed by atoms with Gasteiger partial charge >= 0.3 is 6.09 Å². The maximum Gasteiger partial charge on any atom is 0.411 e. The summed E-state index contributed by atoms with van der Waals surface area (Å²) in [6, 6.07) is 32.5. The number of aromatic amines is 1. The molecule has 272 valence electrons. The van der Waals surface area contributed by atoms with Crippen LogP contribution in [0.5, 0.6) is 5.75 Å². The molecule has 2 heterocycles. The lowest BCUT2D eigenvalue weighted by molar-refractivity contribution is 0.0585. The Morgan fingerprint density at radius 2 is 1.63 bits per heavy atom. The van der Waals surface area contributed by atoms with Crippen LogP contribution in [0, 0.1) is 0 Å². The average Bonchev–Trinajstić information content (AvgIpc) is 3.17. The Labute approximate surface area is 304 Å². The van der Waals surface area contributed by atoms with Gasteiger partial charge in [0.05, 0.1) is 17.3 Å². The molecule has 6 rings (SSSR count). The fourth-order valence-electron chi connectivity index (χ4n) is 6.79. The number of hydrogen-bond acceptors (Lipinski definition) is 8. The highest BCUT2D eigenvalue weighted by atomic mass is 16.6. The summed E-state index contributed by atoms with van der Waals surface area (Å²) in [6.07, 6.45) is 4.70. The van der Waals surface area contributed by atoms with E-state index in [9.17, 15) is 19.8 Å². The van der Waals surface area contributed by atoms with E-state index >= 15 is 0 Å². The topological polar surface area (TPSA) is 139 Å². The summed E-state index contributed by atoms with van der Waals surface area (Å²) < 4.78 is 5.80. The van der Waals surface area contributed by atoms with E-state index in [1.807, 2.05) is 54.6 Å². The molecule has 1 unspecified atom stereocenters. The number of benzene rings is 4. The van der Waals surface area contributed by atoms with Crippen molar-refractivity contribution >= 4 is 28.4 Å². The predicted molar refractivity (Wildman–Crippen MR) is 208 cm³/mol. The van der Waals surface area contributed by atoms with Crippen molar-refractivity contribution in [2.75, 3.05) is 49.9 Å². The maximum absolute atomic E-state index is 12.7. The molecule has 4 aromatic carbocycles. The van der Waals surface area contributed by atoms with Crippen molar-refractivity contribution in [2.45, 2.75) is 50.7 Å². The second-order valence-electron chi connectivity index (χ2n) is 13.4. The number of carbonyl (C=O) groups excluding carboxylic acids is 1. The molecule has 1 aliphatic heterocycles. The van der Waals surface area contributed by atoms with E-state index in [1.165, 1.54) is 17.7 Å². The molecule has 0 aliphatic carbocycles. The van der Waals surface area contributed by atoms with Gasteiger partial charge in [-0.1, -0.05) is 73.2 Å². The molecule has 1 aromatic heterocycles. The van der Waals surface area contributed by atoms with Gasteiger partial charge in [0.25, 0.3) is 0 Å². The molecule has 10 heteroatoms. The molecule has 1 atom stereocenters. The summed E-state index contributed by atoms with van der Waals surface area (Å²) in [7, 11) is 0. The molecular formula is C42H49N5O5. The van der Waals surface area contributed by atoms with E-state index in [0.29, 0.717) is 29.6 Å². The number of anilines is 2. The summed E-state index contributed by atoms with van der Waals surface area (Å²) in [5, 5.41) is 31.3. The molecule has 5 aromatic rings. The number of aliphatic hydroxyl groups is 1. The number of piperidine rings is 1. The number of para-hydroxylation sites is 1. The minimum Gasteiger partial charge on any atom is -0.506 e. The number of aromatic nitrogens is 1. The second-order valence-corrected chi connectivity index (χ2v) is 13.4. The van der Waals surface area contributed by atoms with Crippen molar-refractivity contribution < 1.29 is 19.7 Å². The van der Waals surface area contributed by atoms with Gasteiger partial charge in [-0.2, -0.15) is 0 Å². The monoisotopic (exact) mass is 703 g/mol. The van der Waals surface area contributed by atoms with Gasteiger partial charge in [0, 0.05) is 48.9 Å². The Hall–Kier alpha value is -5.16. The third kappa shape index (κ3) is 10.2. The normalized spacial score (nSPS) is 14.2. The SMILES string of the molecule is O=C(Nc1ccccc1-c1ccccc1)OC1CCN(CCCCCNc2ccc(CCNCC(O)c3ccc(O)c4[nH]c(=O)ccc34)cc2)CC1. The molecule has 1 aliphatic rings. The number of ether oxygens (including phenoxy) is 1. The molecule has 1 amide bonds. The highest BCUT2D eigenvalue weighted by Crippen LogP contribution is 2.29. The largest absolute Gasteiger partial charge is 0.506 e. The van der Waals surface area contributed by atoms with Crippen LogP contribution in [0.4, 0.5) is 16.2 Å². The van der Waals surface area contributed by atoms with Crippen LogP contribution in [0.25, 0.3) is 22.0 Å². The van der Waals surface area contributed by atoms with Gasteiger partial charge in [-0.3, -0.25) is 10.1 Å². The molecular weight excluding hydrogens is 654 g/mol. The number of likely N-dealkylation sites (tertiary alicyclic amines) is 1. The molecule has 1 fully saturated rings. The van der Waals surface area contributed by atoms with Crippen molar-refractivity contribution in [1.29, 1.82) is 0 Å². The lowest BCUT2D eigenvalue weighted by Crippen LogP contribution is -2.38. The van der Waals surface area contributed by atoms with Crippen molar-refractivity contribution in [1.82, 2.24) is 15.2 Å². The first-order valence-electron chi connectivity index (χ1n) is 18.3. The molecule has 0 bridgehead atoms. The highest BCUT2D eigenvalue weighted by molar-refractivity contribution is 5.91. The number of phenolic OH excluding ortho intramolecular Hbond substituents is 1. The Bertz CT molecular complexity index is 1940. The average molecular weight is 704 g/mol. The summed E-state index contributed by atoms with van der Waals surface area (Å²) in [5.41, 5.74) is 5.79. The van der Waals surface area contributed by atoms with Crippen LogP contribution in [0.2, 0.25) is 0 Å². The van der Waals surface area contributed by atoms with E-state index in [0.717, 1.165) is 87.2 Å². The molecule has 10 nitrogen and oxygen atoms in total. The lowest BCUT2D eigenvalue weighted by atomic mass is 10.0. The van der Waals surface area contributed by atoms with Crippen molar-refractivity contribution in [3.8, 4) is 16.9 Å². The Morgan fingerprint density at radius 1 is 0.865 bits per heavy atom. The summed E-state index contributed by atoms with van der Waals surface area (Å²) in [6.45, 7) is 4.94. The number of nitrogens with zero attached hydrogens (tertiary/aromatic N) is 1. The zero-order valence-electron chi connectivity index (χ0n) is 29.5. The van der Waals surface area contributed by atoms with Gasteiger partial charge in [-0.25, -0.2) is 4.79 Å².